The van der Waals surface area contributed by atoms with Gasteiger partial charge in [0.05, 0.1) is 27.3 Å². The van der Waals surface area contributed by atoms with Crippen LogP contribution in [-0.4, -0.2) is 146 Å². The number of nitrogens with two attached hydrogens (primary N) is 1. The zero-order chi connectivity index (χ0) is 61.0. The highest BCUT2D eigenvalue weighted by Gasteiger charge is 2.49. The number of methoxy groups -OCH3 is 2. The minimum absolute atomic E-state index is 0.00413. The number of nitrogens with zero attached hydrogens (tertiary/aromatic N) is 4. The van der Waals surface area contributed by atoms with Crippen molar-refractivity contribution in [3.63, 3.8) is 0 Å². The van der Waals surface area contributed by atoms with Crippen molar-refractivity contribution in [2.45, 2.75) is 56.3 Å². The van der Waals surface area contributed by atoms with E-state index in [-0.39, 0.29) is 49.2 Å². The van der Waals surface area contributed by atoms with Gasteiger partial charge in [-0.1, -0.05) is 73.9 Å². The molecule has 5 aromatic carbocycles. The van der Waals surface area contributed by atoms with Crippen molar-refractivity contribution in [2.24, 2.45) is 11.8 Å². The van der Waals surface area contributed by atoms with Gasteiger partial charge in [0.15, 0.2) is 5.54 Å². The van der Waals surface area contributed by atoms with Crippen LogP contribution in [0.15, 0.2) is 118 Å². The van der Waals surface area contributed by atoms with Crippen molar-refractivity contribution in [2.75, 3.05) is 78.6 Å². The van der Waals surface area contributed by atoms with Gasteiger partial charge in [-0.25, -0.2) is 9.59 Å². The molecule has 442 valence electrons. The average molecular weight is 1280 g/mol. The standard InChI is InChI=1S/C28H29N5O5.C15H13N3O4.C14H18BrNO.C6H6BrN/c1-32-13-10-19(11-14-32)24(34)29-21-6-3-18(4-7-21)9-12-28(26(36)30-27(37)31-28)17-33-16-20-5-8-22(38-2)15-23(20)25(33)35;1-3-15(13(20)16-14(21)17-15)8-18-7-9-4-5-10(22-2)6-11(9)12(18)19;1-16-8-6-12(7-9-16)14(17)10-11-2-4-13(15)5-3-11;7-5-1-3-6(8)4-2-5/h3-8,15,19H,10-11,13-14,16-17H2,1-2H3,(H,29,34)(H2,30,31,36,37);1,4-6H,7-8H2,2H3,(H2,16,17,20,21);2-5,12H,6-10H2,1H3;1-4H,8H2/t28-;15-;;/m11../s1. The van der Waals surface area contributed by atoms with Gasteiger partial charge < -0.3 is 50.8 Å². The molecular weight excluding hydrogens is 1220 g/mol. The molecule has 6 aliphatic heterocycles. The summed E-state index contributed by atoms with van der Waals surface area (Å²) in [6, 6.07) is 31.7. The third-order valence-electron chi connectivity index (χ3n) is 15.4. The number of fused-ring (bicyclic) bond motifs is 2. The quantitative estimate of drug-likeness (QED) is 0.0479. The third-order valence-corrected chi connectivity index (χ3v) is 16.4. The number of rotatable bonds is 11. The van der Waals surface area contributed by atoms with Crippen LogP contribution >= 0.6 is 31.9 Å². The smallest absolute Gasteiger partial charge is 0.323 e. The number of urea groups is 2. The predicted molar refractivity (Wildman–Crippen MR) is 327 cm³/mol. The molecule has 22 heteroatoms. The van der Waals surface area contributed by atoms with Crippen LogP contribution in [0.2, 0.25) is 0 Å². The van der Waals surface area contributed by atoms with Crippen molar-refractivity contribution >= 4 is 90.6 Å². The Morgan fingerprint density at radius 2 is 1.11 bits per heavy atom. The number of terminal acetylenes is 1. The zero-order valence-electron chi connectivity index (χ0n) is 47.5. The van der Waals surface area contributed by atoms with Gasteiger partial charge in [0.1, 0.15) is 17.3 Å². The van der Waals surface area contributed by atoms with Crippen LogP contribution < -0.4 is 41.8 Å². The normalized spacial score (nSPS) is 20.0. The molecule has 6 aliphatic rings. The summed E-state index contributed by atoms with van der Waals surface area (Å²) >= 11 is 6.69. The molecule has 5 aromatic rings. The molecule has 0 radical (unpaired) electrons. The maximum atomic E-state index is 13.1. The zero-order valence-corrected chi connectivity index (χ0v) is 50.7. The molecule has 9 amide bonds. The van der Waals surface area contributed by atoms with Gasteiger partial charge in [-0.2, -0.15) is 0 Å². The number of ether oxygens (including phenoxy) is 2. The summed E-state index contributed by atoms with van der Waals surface area (Å²) in [5.41, 5.74) is 8.09. The van der Waals surface area contributed by atoms with Gasteiger partial charge in [-0.3, -0.25) is 39.4 Å². The molecule has 4 saturated heterocycles. The highest BCUT2D eigenvalue weighted by atomic mass is 79.9. The van der Waals surface area contributed by atoms with Crippen molar-refractivity contribution in [3.05, 3.63) is 152 Å². The van der Waals surface area contributed by atoms with Gasteiger partial charge in [0.25, 0.3) is 23.6 Å². The number of carbonyl (C=O) groups is 8. The molecule has 0 saturated carbocycles. The van der Waals surface area contributed by atoms with Gasteiger partial charge >= 0.3 is 12.1 Å². The molecule has 0 spiro atoms. The summed E-state index contributed by atoms with van der Waals surface area (Å²) in [6.07, 6.45) is 9.70. The molecule has 2 atom stereocenters. The fourth-order valence-corrected chi connectivity index (χ4v) is 10.8. The molecule has 85 heavy (non-hydrogen) atoms. The fraction of sp³-hybridized carbons (Fsp3) is 0.333. The first-order chi connectivity index (χ1) is 40.7. The first kappa shape index (κ1) is 62.5. The number of anilines is 2. The summed E-state index contributed by atoms with van der Waals surface area (Å²) < 4.78 is 12.4. The van der Waals surface area contributed by atoms with Crippen LogP contribution in [0.4, 0.5) is 21.0 Å². The number of benzene rings is 5. The highest BCUT2D eigenvalue weighted by molar-refractivity contribution is 9.10. The number of amides is 9. The molecule has 0 bridgehead atoms. The molecule has 11 rings (SSSR count). The number of nitrogen functional groups attached to an aromatic ring is 1. The fourth-order valence-electron chi connectivity index (χ4n) is 10.3. The Labute approximate surface area is 510 Å². The number of piperidine rings is 2. The number of hydrogen-bond donors (Lipinski definition) is 6. The molecule has 0 aromatic heterocycles. The second-order valence-corrected chi connectivity index (χ2v) is 23.3. The largest absolute Gasteiger partial charge is 0.497 e. The monoisotopic (exact) mass is 1280 g/mol. The number of Topliss-reactive ketones (excluding diaryl/α,β-unsaturated/α-hetero) is 1. The lowest BCUT2D eigenvalue weighted by Crippen LogP contribution is -2.54. The number of likely N-dealkylation sites (tertiary alicyclic amines) is 2. The Balaban J connectivity index is 0.000000168. The van der Waals surface area contributed by atoms with Gasteiger partial charge in [-0.05, 0) is 168 Å². The molecule has 0 aliphatic carbocycles. The van der Waals surface area contributed by atoms with Crippen molar-refractivity contribution in [3.8, 4) is 35.7 Å². The van der Waals surface area contributed by atoms with Gasteiger partial charge in [0.2, 0.25) is 11.4 Å². The van der Waals surface area contributed by atoms with Crippen LogP contribution in [0.25, 0.3) is 0 Å². The number of nitrogens with one attached hydrogen (secondary N) is 5. The number of imide groups is 2. The lowest BCUT2D eigenvalue weighted by atomic mass is 9.89. The number of carbonyl (C=O) groups excluding carboxylic acids is 8. The SMILES string of the molecule is C#C[C@]1(CN2Cc3ccc(OC)cc3C2=O)NC(=O)NC1=O.CN1CCC(C(=O)Cc2ccc(Br)cc2)CC1.COc1ccc2c(c1)C(=O)N(C[C@@]1(C#Cc3ccc(NC(=O)C4CCN(C)CC4)cc3)NC(=O)NC1=O)C2.Nc1ccc(Br)cc1. The van der Waals surface area contributed by atoms with E-state index in [9.17, 15) is 38.4 Å². The molecule has 4 fully saturated rings. The maximum Gasteiger partial charge on any atom is 0.323 e. The summed E-state index contributed by atoms with van der Waals surface area (Å²) in [4.78, 5) is 106. The Kier molecular flexibility index (Phi) is 20.5. The summed E-state index contributed by atoms with van der Waals surface area (Å²) in [5, 5.41) is 12.3. The second-order valence-electron chi connectivity index (χ2n) is 21.4. The minimum atomic E-state index is -1.60. The molecule has 7 N–H and O–H groups in total. The van der Waals surface area contributed by atoms with Crippen molar-refractivity contribution in [1.82, 2.24) is 40.9 Å². The van der Waals surface area contributed by atoms with Crippen molar-refractivity contribution in [1.29, 1.82) is 0 Å². The van der Waals surface area contributed by atoms with Crippen LogP contribution in [0.3, 0.4) is 0 Å². The molecular formula is C63H66Br2N10O10. The molecule has 20 nitrogen and oxygen atoms in total. The van der Waals surface area contributed by atoms with E-state index in [2.05, 4.69) is 100 Å². The summed E-state index contributed by atoms with van der Waals surface area (Å²) in [7, 11) is 7.22. The van der Waals surface area contributed by atoms with E-state index in [1.807, 2.05) is 54.6 Å². The first-order valence-corrected chi connectivity index (χ1v) is 29.0. The van der Waals surface area contributed by atoms with E-state index in [0.29, 0.717) is 52.6 Å². The average Bonchev–Trinajstić information content (AvgIpc) is 2.62. The Bertz CT molecular complexity index is 3440. The Morgan fingerprint density at radius 3 is 1.55 bits per heavy atom. The van der Waals surface area contributed by atoms with Crippen LogP contribution in [0, 0.1) is 36.0 Å². The van der Waals surface area contributed by atoms with Gasteiger partial charge in [-0.15, -0.1) is 6.42 Å². The molecule has 6 heterocycles. The van der Waals surface area contributed by atoms with E-state index >= 15 is 0 Å². The van der Waals surface area contributed by atoms with Crippen LogP contribution in [-0.2, 0) is 38.7 Å². The van der Waals surface area contributed by atoms with Gasteiger partial charge in [0, 0.05) is 68.4 Å². The second kappa shape index (κ2) is 27.9. The van der Waals surface area contributed by atoms with Crippen molar-refractivity contribution < 1.29 is 47.8 Å². The van der Waals surface area contributed by atoms with E-state index < -0.39 is 35.0 Å². The topological polar surface area (TPSA) is 254 Å². The summed E-state index contributed by atoms with van der Waals surface area (Å²) in [6.45, 7) is 4.33. The van der Waals surface area contributed by atoms with E-state index in [0.717, 1.165) is 83.2 Å². The predicted octanol–water partition coefficient (Wildman–Crippen LogP) is 6.36. The maximum absolute atomic E-state index is 13.1. The minimum Gasteiger partial charge on any atom is -0.497 e. The Morgan fingerprint density at radius 1 is 0.647 bits per heavy atom. The molecule has 0 unspecified atom stereocenters. The lowest BCUT2D eigenvalue weighted by Gasteiger charge is -2.28. The van der Waals surface area contributed by atoms with Crippen LogP contribution in [0.5, 0.6) is 11.5 Å². The van der Waals surface area contributed by atoms with E-state index in [4.69, 9.17) is 21.6 Å². The first-order valence-electron chi connectivity index (χ1n) is 27.5. The van der Waals surface area contributed by atoms with E-state index in [1.54, 1.807) is 54.6 Å². The number of halogens is 2. The van der Waals surface area contributed by atoms with Crippen LogP contribution in [0.1, 0.15) is 68.7 Å². The highest BCUT2D eigenvalue weighted by Crippen LogP contribution is 2.31. The number of ketones is 1. The third kappa shape index (κ3) is 15.8. The Hall–Kier alpha value is -8.54. The summed E-state index contributed by atoms with van der Waals surface area (Å²) in [5.74, 6) is 8.21. The number of hydrogen-bond acceptors (Lipinski definition) is 13. The van der Waals surface area contributed by atoms with E-state index in [1.165, 1.54) is 24.0 Å². The lowest BCUT2D eigenvalue weighted by molar-refractivity contribution is -0.124.